The number of hydrogen-bond acceptors (Lipinski definition) is 2. The first-order valence-electron chi connectivity index (χ1n) is 7.35. The summed E-state index contributed by atoms with van der Waals surface area (Å²) in [5, 5.41) is 0.492. The van der Waals surface area contributed by atoms with Crippen molar-refractivity contribution < 1.29 is 9.59 Å². The summed E-state index contributed by atoms with van der Waals surface area (Å²) in [5.41, 5.74) is 1.45. The minimum absolute atomic E-state index is 0.0606. The van der Waals surface area contributed by atoms with Crippen LogP contribution in [0.1, 0.15) is 13.3 Å². The van der Waals surface area contributed by atoms with E-state index < -0.39 is 0 Å². The molecule has 2 aromatic carbocycles. The number of halogens is 1. The van der Waals surface area contributed by atoms with E-state index in [4.69, 9.17) is 11.6 Å². The summed E-state index contributed by atoms with van der Waals surface area (Å²) in [6.07, 6.45) is 0.218. The number of benzene rings is 2. The van der Waals surface area contributed by atoms with Crippen molar-refractivity contribution in [1.82, 2.24) is 0 Å². The largest absolute Gasteiger partial charge is 0.315 e. The van der Waals surface area contributed by atoms with Gasteiger partial charge in [-0.3, -0.25) is 9.59 Å². The van der Waals surface area contributed by atoms with Crippen molar-refractivity contribution in [3.8, 4) is 0 Å². The minimum atomic E-state index is -0.145. The van der Waals surface area contributed by atoms with Crippen LogP contribution in [-0.2, 0) is 9.59 Å². The number of rotatable bonds is 5. The van der Waals surface area contributed by atoms with Crippen molar-refractivity contribution in [1.29, 1.82) is 0 Å². The van der Waals surface area contributed by atoms with E-state index in [9.17, 15) is 9.59 Å². The third-order valence-corrected chi connectivity index (χ3v) is 3.91. The highest BCUT2D eigenvalue weighted by atomic mass is 35.5. The molecule has 2 rings (SSSR count). The second kappa shape index (κ2) is 7.79. The Balaban J connectivity index is 2.06. The lowest BCUT2D eigenvalue weighted by molar-refractivity contribution is -0.118. The Hall–Kier alpha value is -2.33. The predicted octanol–water partition coefficient (Wildman–Crippen LogP) is 3.75. The number of carbonyl (C=O) groups excluding carboxylic acids is 2. The van der Waals surface area contributed by atoms with E-state index in [1.54, 1.807) is 30.1 Å². The molecule has 0 aliphatic rings. The highest BCUT2D eigenvalue weighted by Gasteiger charge is 2.17. The summed E-state index contributed by atoms with van der Waals surface area (Å²) >= 11 is 6.15. The van der Waals surface area contributed by atoms with Crippen molar-refractivity contribution in [3.05, 3.63) is 59.6 Å². The van der Waals surface area contributed by atoms with Gasteiger partial charge in [-0.1, -0.05) is 41.9 Å². The van der Waals surface area contributed by atoms with E-state index in [1.165, 1.54) is 11.8 Å². The highest BCUT2D eigenvalue weighted by molar-refractivity contribution is 6.33. The molecule has 0 atom stereocenters. The summed E-state index contributed by atoms with van der Waals surface area (Å²) in [4.78, 5) is 27.3. The van der Waals surface area contributed by atoms with Crippen LogP contribution < -0.4 is 9.80 Å². The van der Waals surface area contributed by atoms with Gasteiger partial charge in [0, 0.05) is 32.6 Å². The molecule has 0 spiro atoms. The molecule has 0 radical (unpaired) electrons. The fraction of sp³-hybridized carbons (Fsp3) is 0.222. The number of anilines is 2. The van der Waals surface area contributed by atoms with Crippen molar-refractivity contribution in [2.75, 3.05) is 23.4 Å². The number of para-hydroxylation sites is 2. The molecule has 23 heavy (non-hydrogen) atoms. The van der Waals surface area contributed by atoms with Gasteiger partial charge in [-0.15, -0.1) is 0 Å². The van der Waals surface area contributed by atoms with E-state index in [-0.39, 0.29) is 24.8 Å². The molecule has 0 aromatic heterocycles. The average Bonchev–Trinajstić information content (AvgIpc) is 2.56. The smallest absolute Gasteiger partial charge is 0.228 e. The van der Waals surface area contributed by atoms with E-state index in [2.05, 4.69) is 0 Å². The van der Waals surface area contributed by atoms with E-state index in [1.807, 2.05) is 36.4 Å². The van der Waals surface area contributed by atoms with Gasteiger partial charge in [0.15, 0.2) is 0 Å². The van der Waals surface area contributed by atoms with E-state index in [0.29, 0.717) is 10.7 Å². The van der Waals surface area contributed by atoms with Crippen molar-refractivity contribution in [3.63, 3.8) is 0 Å². The molecule has 0 unspecified atom stereocenters. The number of nitrogens with zero attached hydrogens (tertiary/aromatic N) is 2. The Morgan fingerprint density at radius 3 is 2.22 bits per heavy atom. The van der Waals surface area contributed by atoms with Crippen LogP contribution >= 0.6 is 11.6 Å². The lowest BCUT2D eigenvalue weighted by atomic mass is 10.2. The Morgan fingerprint density at radius 2 is 1.61 bits per heavy atom. The molecule has 0 fully saturated rings. The van der Waals surface area contributed by atoms with Gasteiger partial charge >= 0.3 is 0 Å². The van der Waals surface area contributed by atoms with Crippen molar-refractivity contribution >= 4 is 34.8 Å². The van der Waals surface area contributed by atoms with Gasteiger partial charge < -0.3 is 9.80 Å². The molecule has 0 bridgehead atoms. The molecule has 0 saturated carbocycles. The van der Waals surface area contributed by atoms with Crippen LogP contribution in [0.15, 0.2) is 54.6 Å². The predicted molar refractivity (Wildman–Crippen MR) is 93.9 cm³/mol. The molecule has 2 aromatic rings. The minimum Gasteiger partial charge on any atom is -0.315 e. The summed E-state index contributed by atoms with van der Waals surface area (Å²) in [5.74, 6) is -0.206. The fourth-order valence-corrected chi connectivity index (χ4v) is 2.53. The van der Waals surface area contributed by atoms with Gasteiger partial charge in [0.05, 0.1) is 10.7 Å². The Kier molecular flexibility index (Phi) is 5.77. The average molecular weight is 331 g/mol. The maximum absolute atomic E-state index is 12.3. The van der Waals surface area contributed by atoms with Crippen LogP contribution in [-0.4, -0.2) is 25.4 Å². The molecule has 0 aliphatic carbocycles. The molecule has 5 heteroatoms. The zero-order valence-corrected chi connectivity index (χ0v) is 14.0. The highest BCUT2D eigenvalue weighted by Crippen LogP contribution is 2.25. The Labute approximate surface area is 141 Å². The number of carbonyl (C=O) groups is 2. The van der Waals surface area contributed by atoms with Crippen LogP contribution in [0.4, 0.5) is 11.4 Å². The summed E-state index contributed by atoms with van der Waals surface area (Å²) in [6.45, 7) is 1.75. The zero-order valence-electron chi connectivity index (χ0n) is 13.2. The second-order valence-corrected chi connectivity index (χ2v) is 5.57. The first-order valence-corrected chi connectivity index (χ1v) is 7.72. The van der Waals surface area contributed by atoms with Gasteiger partial charge in [0.25, 0.3) is 0 Å². The van der Waals surface area contributed by atoms with Gasteiger partial charge in [-0.25, -0.2) is 0 Å². The molecule has 0 saturated heterocycles. The molecular formula is C18H19ClN2O2. The van der Waals surface area contributed by atoms with Crippen LogP contribution in [0.25, 0.3) is 0 Å². The van der Waals surface area contributed by atoms with Crippen LogP contribution in [0.3, 0.4) is 0 Å². The molecule has 0 aliphatic heterocycles. The topological polar surface area (TPSA) is 40.6 Å². The lowest BCUT2D eigenvalue weighted by Gasteiger charge is -2.24. The molecule has 2 amide bonds. The SMILES string of the molecule is CC(=O)N(CCC(=O)N(C)c1ccccc1)c1ccccc1Cl. The zero-order chi connectivity index (χ0) is 16.8. The quantitative estimate of drug-likeness (QED) is 0.837. The maximum Gasteiger partial charge on any atom is 0.228 e. The first-order chi connectivity index (χ1) is 11.0. The Morgan fingerprint density at radius 1 is 1.00 bits per heavy atom. The second-order valence-electron chi connectivity index (χ2n) is 5.16. The van der Waals surface area contributed by atoms with Gasteiger partial charge in [0.2, 0.25) is 11.8 Å². The van der Waals surface area contributed by atoms with Crippen LogP contribution in [0.5, 0.6) is 0 Å². The molecule has 120 valence electrons. The summed E-state index contributed by atoms with van der Waals surface area (Å²) < 4.78 is 0. The molecular weight excluding hydrogens is 312 g/mol. The normalized spacial score (nSPS) is 10.2. The van der Waals surface area contributed by atoms with E-state index in [0.717, 1.165) is 5.69 Å². The standard InChI is InChI=1S/C18H19ClN2O2/c1-14(22)21(17-11-7-6-10-16(17)19)13-12-18(23)20(2)15-8-4-3-5-9-15/h3-11H,12-13H2,1-2H3. The monoisotopic (exact) mass is 330 g/mol. The van der Waals surface area contributed by atoms with E-state index >= 15 is 0 Å². The third kappa shape index (κ3) is 4.33. The third-order valence-electron chi connectivity index (χ3n) is 3.59. The Bertz CT molecular complexity index is 688. The maximum atomic E-state index is 12.3. The molecule has 0 N–H and O–H groups in total. The number of hydrogen-bond donors (Lipinski definition) is 0. The van der Waals surface area contributed by atoms with Crippen LogP contribution in [0, 0.1) is 0 Å². The first kappa shape index (κ1) is 17.0. The van der Waals surface area contributed by atoms with Gasteiger partial charge in [0.1, 0.15) is 0 Å². The summed E-state index contributed by atoms with van der Waals surface area (Å²) in [6, 6.07) is 16.5. The van der Waals surface area contributed by atoms with Crippen molar-refractivity contribution in [2.45, 2.75) is 13.3 Å². The molecule has 0 heterocycles. The van der Waals surface area contributed by atoms with Crippen LogP contribution in [0.2, 0.25) is 5.02 Å². The van der Waals surface area contributed by atoms with Gasteiger partial charge in [-0.05, 0) is 24.3 Å². The van der Waals surface area contributed by atoms with Crippen molar-refractivity contribution in [2.24, 2.45) is 0 Å². The number of amides is 2. The fourth-order valence-electron chi connectivity index (χ4n) is 2.29. The molecule has 4 nitrogen and oxygen atoms in total. The lowest BCUT2D eigenvalue weighted by Crippen LogP contribution is -2.34. The summed E-state index contributed by atoms with van der Waals surface area (Å²) in [7, 11) is 1.73. The van der Waals surface area contributed by atoms with Gasteiger partial charge in [-0.2, -0.15) is 0 Å².